The van der Waals surface area contributed by atoms with Crippen LogP contribution in [0.5, 0.6) is 0 Å². The van der Waals surface area contributed by atoms with Gasteiger partial charge in [0, 0.05) is 37.0 Å². The second kappa shape index (κ2) is 8.86. The number of hydrogen-bond donors (Lipinski definition) is 3. The highest BCUT2D eigenvalue weighted by atomic mass is 19.1. The number of nitrogens with zero attached hydrogens (tertiary/aromatic N) is 4. The van der Waals surface area contributed by atoms with Gasteiger partial charge in [0.15, 0.2) is 0 Å². The van der Waals surface area contributed by atoms with E-state index in [0.29, 0.717) is 18.4 Å². The number of anilines is 2. The van der Waals surface area contributed by atoms with E-state index < -0.39 is 22.5 Å². The Kier molecular flexibility index (Phi) is 6.05. The largest absolute Gasteiger partial charge is 0.478 e. The summed E-state index contributed by atoms with van der Waals surface area (Å²) in [7, 11) is 0. The third-order valence-corrected chi connectivity index (χ3v) is 3.88. The number of aromatic carboxylic acids is 1. The molecule has 0 unspecified atom stereocenters. The van der Waals surface area contributed by atoms with Gasteiger partial charge in [-0.3, -0.25) is 10.1 Å². The molecule has 1 aromatic carbocycles. The smallest absolute Gasteiger partial charge is 0.339 e. The average molecular weight is 416 g/mol. The number of halogens is 2. The second-order valence-corrected chi connectivity index (χ2v) is 5.90. The number of carboxylic acid groups (broad SMARTS) is 1. The van der Waals surface area contributed by atoms with E-state index in [1.165, 1.54) is 12.1 Å². The summed E-state index contributed by atoms with van der Waals surface area (Å²) in [5, 5.41) is 25.7. The Balaban J connectivity index is 1.69. The standard InChI is InChI=1S/C18H14F2N6O4/c19-10-1-3-12(14(20)7-10)16-13(17(27)28)9-24-18(25-16)22-6-5-21-15-4-2-11(8-23-15)26(29)30/h1-4,7-9H,5-6H2,(H,21,23)(H,27,28)(H,22,24,25). The van der Waals surface area contributed by atoms with Gasteiger partial charge in [0.05, 0.1) is 10.6 Å². The van der Waals surface area contributed by atoms with Crippen LogP contribution in [0.15, 0.2) is 42.7 Å². The lowest BCUT2D eigenvalue weighted by Gasteiger charge is -2.11. The summed E-state index contributed by atoms with van der Waals surface area (Å²) in [4.78, 5) is 33.3. The lowest BCUT2D eigenvalue weighted by atomic mass is 10.1. The number of benzene rings is 1. The number of carbonyl (C=O) groups is 1. The molecule has 12 heteroatoms. The minimum absolute atomic E-state index is 0.0391. The maximum Gasteiger partial charge on any atom is 0.339 e. The van der Waals surface area contributed by atoms with Crippen LogP contribution < -0.4 is 10.6 Å². The normalized spacial score (nSPS) is 10.5. The van der Waals surface area contributed by atoms with Gasteiger partial charge in [-0.25, -0.2) is 28.5 Å². The van der Waals surface area contributed by atoms with Crippen molar-refractivity contribution in [3.63, 3.8) is 0 Å². The van der Waals surface area contributed by atoms with Crippen LogP contribution >= 0.6 is 0 Å². The summed E-state index contributed by atoms with van der Waals surface area (Å²) < 4.78 is 27.3. The van der Waals surface area contributed by atoms with E-state index in [9.17, 15) is 28.8 Å². The Labute approximate surface area is 167 Å². The molecule has 3 aromatic rings. The molecule has 3 rings (SSSR count). The predicted molar refractivity (Wildman–Crippen MR) is 102 cm³/mol. The molecule has 3 N–H and O–H groups in total. The van der Waals surface area contributed by atoms with Gasteiger partial charge in [0.2, 0.25) is 5.95 Å². The summed E-state index contributed by atoms with van der Waals surface area (Å²) in [5.41, 5.74) is -0.833. The van der Waals surface area contributed by atoms with Gasteiger partial charge in [-0.05, 0) is 18.2 Å². The fourth-order valence-electron chi connectivity index (χ4n) is 2.47. The topological polar surface area (TPSA) is 143 Å². The molecule has 2 heterocycles. The first-order valence-corrected chi connectivity index (χ1v) is 8.49. The number of pyridine rings is 1. The van der Waals surface area contributed by atoms with Crippen LogP contribution in [0, 0.1) is 21.7 Å². The fourth-order valence-corrected chi connectivity index (χ4v) is 2.47. The minimum atomic E-state index is -1.36. The molecule has 154 valence electrons. The van der Waals surface area contributed by atoms with Gasteiger partial charge < -0.3 is 15.7 Å². The Morgan fingerprint density at radius 3 is 2.50 bits per heavy atom. The van der Waals surface area contributed by atoms with Crippen molar-refractivity contribution in [3.05, 3.63) is 70.0 Å². The van der Waals surface area contributed by atoms with Gasteiger partial charge in [0.1, 0.15) is 29.2 Å². The molecule has 0 saturated heterocycles. The van der Waals surface area contributed by atoms with E-state index in [1.54, 1.807) is 0 Å². The number of nitrogens with one attached hydrogen (secondary N) is 2. The molecule has 0 aliphatic carbocycles. The lowest BCUT2D eigenvalue weighted by molar-refractivity contribution is -0.385. The summed E-state index contributed by atoms with van der Waals surface area (Å²) in [6.45, 7) is 0.603. The van der Waals surface area contributed by atoms with E-state index >= 15 is 0 Å². The molecular formula is C18H14F2N6O4. The highest BCUT2D eigenvalue weighted by Crippen LogP contribution is 2.26. The van der Waals surface area contributed by atoms with Crippen LogP contribution in [0.1, 0.15) is 10.4 Å². The fraction of sp³-hybridized carbons (Fsp3) is 0.111. The number of nitro groups is 1. The van der Waals surface area contributed by atoms with Crippen molar-refractivity contribution in [1.29, 1.82) is 0 Å². The van der Waals surface area contributed by atoms with Gasteiger partial charge in [-0.2, -0.15) is 0 Å². The van der Waals surface area contributed by atoms with Gasteiger partial charge in [-0.15, -0.1) is 0 Å². The number of rotatable bonds is 8. The van der Waals surface area contributed by atoms with Crippen LogP contribution in [0.4, 0.5) is 26.2 Å². The molecule has 0 radical (unpaired) electrons. The van der Waals surface area contributed by atoms with Crippen molar-refractivity contribution >= 4 is 23.4 Å². The van der Waals surface area contributed by atoms with E-state index in [2.05, 4.69) is 25.6 Å². The van der Waals surface area contributed by atoms with E-state index in [1.807, 2.05) is 0 Å². The first-order chi connectivity index (χ1) is 14.3. The Morgan fingerprint density at radius 1 is 1.10 bits per heavy atom. The van der Waals surface area contributed by atoms with Crippen LogP contribution in [0.25, 0.3) is 11.3 Å². The SMILES string of the molecule is O=C(O)c1cnc(NCCNc2ccc([N+](=O)[O-])cn2)nc1-c1ccc(F)cc1F. The first-order valence-electron chi connectivity index (χ1n) is 8.49. The Bertz CT molecular complexity index is 1090. The third kappa shape index (κ3) is 4.79. The number of carboxylic acids is 1. The Hall–Kier alpha value is -4.22. The zero-order valence-corrected chi connectivity index (χ0v) is 15.2. The molecule has 30 heavy (non-hydrogen) atoms. The zero-order valence-electron chi connectivity index (χ0n) is 15.2. The number of aromatic nitrogens is 3. The summed E-state index contributed by atoms with van der Waals surface area (Å²) in [6.07, 6.45) is 2.15. The van der Waals surface area contributed by atoms with Crippen LogP contribution in [-0.2, 0) is 0 Å². The molecule has 10 nitrogen and oxygen atoms in total. The summed E-state index contributed by atoms with van der Waals surface area (Å²) >= 11 is 0. The van der Waals surface area contributed by atoms with Gasteiger partial charge >= 0.3 is 5.97 Å². The molecule has 0 atom stereocenters. The molecule has 0 aliphatic heterocycles. The first kappa shape index (κ1) is 20.5. The van der Waals surface area contributed by atoms with Gasteiger partial charge in [0.25, 0.3) is 5.69 Å². The highest BCUT2D eigenvalue weighted by Gasteiger charge is 2.18. The van der Waals surface area contributed by atoms with Crippen molar-refractivity contribution in [1.82, 2.24) is 15.0 Å². The van der Waals surface area contributed by atoms with Crippen molar-refractivity contribution in [3.8, 4) is 11.3 Å². The summed E-state index contributed by atoms with van der Waals surface area (Å²) in [6, 6.07) is 5.49. The molecule has 0 saturated carbocycles. The maximum absolute atomic E-state index is 14.1. The summed E-state index contributed by atoms with van der Waals surface area (Å²) in [5.74, 6) is -2.65. The molecule has 0 bridgehead atoms. The zero-order chi connectivity index (χ0) is 21.7. The van der Waals surface area contributed by atoms with Crippen molar-refractivity contribution in [2.24, 2.45) is 0 Å². The van der Waals surface area contributed by atoms with Crippen molar-refractivity contribution in [2.45, 2.75) is 0 Å². The van der Waals surface area contributed by atoms with Crippen molar-refractivity contribution in [2.75, 3.05) is 23.7 Å². The lowest BCUT2D eigenvalue weighted by Crippen LogP contribution is -2.16. The van der Waals surface area contributed by atoms with E-state index in [-0.39, 0.29) is 35.0 Å². The van der Waals surface area contributed by atoms with Crippen LogP contribution in [0.2, 0.25) is 0 Å². The highest BCUT2D eigenvalue weighted by molar-refractivity contribution is 5.94. The average Bonchev–Trinajstić information content (AvgIpc) is 2.71. The molecule has 0 aliphatic rings. The van der Waals surface area contributed by atoms with E-state index in [4.69, 9.17) is 0 Å². The van der Waals surface area contributed by atoms with E-state index in [0.717, 1.165) is 24.5 Å². The monoisotopic (exact) mass is 416 g/mol. The maximum atomic E-state index is 14.1. The quantitative estimate of drug-likeness (QED) is 0.287. The Morgan fingerprint density at radius 2 is 1.87 bits per heavy atom. The molecule has 0 spiro atoms. The molecular weight excluding hydrogens is 402 g/mol. The number of hydrogen-bond acceptors (Lipinski definition) is 8. The second-order valence-electron chi connectivity index (χ2n) is 5.90. The van der Waals surface area contributed by atoms with Gasteiger partial charge in [-0.1, -0.05) is 0 Å². The molecule has 0 amide bonds. The molecule has 0 fully saturated rings. The van der Waals surface area contributed by atoms with Crippen LogP contribution in [-0.4, -0.2) is 44.0 Å². The third-order valence-electron chi connectivity index (χ3n) is 3.88. The van der Waals surface area contributed by atoms with Crippen molar-refractivity contribution < 1.29 is 23.6 Å². The predicted octanol–water partition coefficient (Wildman–Crippen LogP) is 2.95. The van der Waals surface area contributed by atoms with Crippen LogP contribution in [0.3, 0.4) is 0 Å². The molecule has 2 aromatic heterocycles. The minimum Gasteiger partial charge on any atom is -0.478 e.